The standard InChI is InChI=1S/C18H19N3O3/c19-9-3-1-2-4-12-5-6-14-13(10-12)11-21(18(14)24)15-7-8-16(22)20-17(15)23/h5-6,10,15H,1,3,7-9,11,19H2,(H,20,22,23). The predicted octanol–water partition coefficient (Wildman–Crippen LogP) is 0.538. The van der Waals surface area contributed by atoms with Crippen molar-refractivity contribution >= 4 is 17.7 Å². The van der Waals surface area contributed by atoms with E-state index in [1.165, 1.54) is 4.90 Å². The highest BCUT2D eigenvalue weighted by Crippen LogP contribution is 2.28. The molecule has 2 heterocycles. The number of nitrogens with one attached hydrogen (secondary N) is 1. The number of unbranched alkanes of at least 4 members (excludes halogenated alkanes) is 1. The van der Waals surface area contributed by atoms with Gasteiger partial charge in [-0.3, -0.25) is 19.7 Å². The molecule has 0 bridgehead atoms. The second-order valence-corrected chi connectivity index (χ2v) is 5.97. The fourth-order valence-electron chi connectivity index (χ4n) is 3.01. The van der Waals surface area contributed by atoms with Crippen LogP contribution in [0.4, 0.5) is 0 Å². The van der Waals surface area contributed by atoms with Crippen molar-refractivity contribution in [3.63, 3.8) is 0 Å². The van der Waals surface area contributed by atoms with Gasteiger partial charge in [-0.05, 0) is 43.1 Å². The zero-order valence-electron chi connectivity index (χ0n) is 13.3. The Morgan fingerprint density at radius 2 is 2.12 bits per heavy atom. The lowest BCUT2D eigenvalue weighted by Gasteiger charge is -2.29. The molecule has 0 spiro atoms. The number of imide groups is 1. The van der Waals surface area contributed by atoms with E-state index in [-0.39, 0.29) is 18.2 Å². The van der Waals surface area contributed by atoms with Crippen LogP contribution in [0, 0.1) is 11.8 Å². The van der Waals surface area contributed by atoms with Gasteiger partial charge >= 0.3 is 0 Å². The zero-order valence-corrected chi connectivity index (χ0v) is 13.3. The molecule has 1 aromatic rings. The molecule has 124 valence electrons. The topological polar surface area (TPSA) is 92.5 Å². The van der Waals surface area contributed by atoms with Crippen molar-refractivity contribution in [2.24, 2.45) is 5.73 Å². The minimum atomic E-state index is -0.582. The van der Waals surface area contributed by atoms with Crippen molar-refractivity contribution in [3.8, 4) is 11.8 Å². The second kappa shape index (κ2) is 6.85. The molecule has 2 aliphatic rings. The maximum Gasteiger partial charge on any atom is 0.255 e. The maximum atomic E-state index is 12.5. The number of hydrogen-bond acceptors (Lipinski definition) is 4. The summed E-state index contributed by atoms with van der Waals surface area (Å²) in [4.78, 5) is 37.4. The Morgan fingerprint density at radius 1 is 1.29 bits per heavy atom. The minimum Gasteiger partial charge on any atom is -0.330 e. The molecular weight excluding hydrogens is 306 g/mol. The Hall–Kier alpha value is -2.65. The molecule has 0 saturated carbocycles. The molecule has 1 unspecified atom stereocenters. The number of hydrogen-bond donors (Lipinski definition) is 2. The fourth-order valence-corrected chi connectivity index (χ4v) is 3.01. The fraction of sp³-hybridized carbons (Fsp3) is 0.389. The quantitative estimate of drug-likeness (QED) is 0.482. The van der Waals surface area contributed by atoms with Crippen LogP contribution in [0.5, 0.6) is 0 Å². The normalized spacial score (nSPS) is 19.6. The first-order valence-corrected chi connectivity index (χ1v) is 8.06. The van der Waals surface area contributed by atoms with Gasteiger partial charge < -0.3 is 10.6 Å². The number of rotatable bonds is 3. The van der Waals surface area contributed by atoms with Crippen LogP contribution in [0.2, 0.25) is 0 Å². The number of piperidine rings is 1. The van der Waals surface area contributed by atoms with Gasteiger partial charge in [0.05, 0.1) is 0 Å². The molecule has 1 fully saturated rings. The van der Waals surface area contributed by atoms with Crippen molar-refractivity contribution in [3.05, 3.63) is 34.9 Å². The molecule has 2 aliphatic heterocycles. The molecule has 3 amide bonds. The van der Waals surface area contributed by atoms with Gasteiger partial charge in [0, 0.05) is 30.5 Å². The van der Waals surface area contributed by atoms with Crippen LogP contribution < -0.4 is 11.1 Å². The smallest absolute Gasteiger partial charge is 0.255 e. The van der Waals surface area contributed by atoms with Gasteiger partial charge in [0.15, 0.2) is 0 Å². The summed E-state index contributed by atoms with van der Waals surface area (Å²) < 4.78 is 0. The monoisotopic (exact) mass is 325 g/mol. The average Bonchev–Trinajstić information content (AvgIpc) is 2.88. The third-order valence-electron chi connectivity index (χ3n) is 4.26. The summed E-state index contributed by atoms with van der Waals surface area (Å²) in [5.74, 6) is 5.29. The highest BCUT2D eigenvalue weighted by atomic mass is 16.2. The lowest BCUT2D eigenvalue weighted by molar-refractivity contribution is -0.136. The summed E-state index contributed by atoms with van der Waals surface area (Å²) in [6.07, 6.45) is 2.24. The number of nitrogens with two attached hydrogens (primary N) is 1. The second-order valence-electron chi connectivity index (χ2n) is 5.97. The van der Waals surface area contributed by atoms with Crippen molar-refractivity contribution < 1.29 is 14.4 Å². The number of carbonyl (C=O) groups is 3. The lowest BCUT2D eigenvalue weighted by Crippen LogP contribution is -2.52. The van der Waals surface area contributed by atoms with Gasteiger partial charge in [-0.2, -0.15) is 0 Å². The Labute approximate surface area is 140 Å². The Morgan fingerprint density at radius 3 is 2.88 bits per heavy atom. The molecule has 1 atom stereocenters. The third kappa shape index (κ3) is 3.17. The van der Waals surface area contributed by atoms with Crippen LogP contribution in [0.25, 0.3) is 0 Å². The van der Waals surface area contributed by atoms with Crippen LogP contribution in [0.15, 0.2) is 18.2 Å². The van der Waals surface area contributed by atoms with Gasteiger partial charge in [0.2, 0.25) is 11.8 Å². The van der Waals surface area contributed by atoms with E-state index in [0.717, 1.165) is 24.0 Å². The molecular formula is C18H19N3O3. The number of amides is 3. The van der Waals surface area contributed by atoms with Gasteiger partial charge in [0.1, 0.15) is 6.04 Å². The number of benzene rings is 1. The first-order chi connectivity index (χ1) is 11.6. The number of carbonyl (C=O) groups excluding carboxylic acids is 3. The molecule has 6 heteroatoms. The van der Waals surface area contributed by atoms with Gasteiger partial charge in [-0.15, -0.1) is 0 Å². The van der Waals surface area contributed by atoms with Crippen LogP contribution >= 0.6 is 0 Å². The van der Waals surface area contributed by atoms with E-state index >= 15 is 0 Å². The zero-order chi connectivity index (χ0) is 17.1. The predicted molar refractivity (Wildman–Crippen MR) is 87.7 cm³/mol. The van der Waals surface area contributed by atoms with Crippen molar-refractivity contribution in [1.29, 1.82) is 0 Å². The number of fused-ring (bicyclic) bond motifs is 1. The Kier molecular flexibility index (Phi) is 4.63. The summed E-state index contributed by atoms with van der Waals surface area (Å²) in [5, 5.41) is 2.30. The van der Waals surface area contributed by atoms with Gasteiger partial charge in [-0.1, -0.05) is 11.8 Å². The van der Waals surface area contributed by atoms with E-state index in [9.17, 15) is 14.4 Å². The van der Waals surface area contributed by atoms with Crippen molar-refractivity contribution in [1.82, 2.24) is 10.2 Å². The summed E-state index contributed by atoms with van der Waals surface area (Å²) in [6, 6.07) is 4.90. The molecule has 0 radical (unpaired) electrons. The van der Waals surface area contributed by atoms with E-state index in [1.807, 2.05) is 12.1 Å². The largest absolute Gasteiger partial charge is 0.330 e. The highest BCUT2D eigenvalue weighted by molar-refractivity contribution is 6.05. The Balaban J connectivity index is 1.76. The van der Waals surface area contributed by atoms with Crippen LogP contribution in [-0.2, 0) is 16.1 Å². The molecule has 3 N–H and O–H groups in total. The first kappa shape index (κ1) is 16.2. The molecule has 24 heavy (non-hydrogen) atoms. The maximum absolute atomic E-state index is 12.5. The highest BCUT2D eigenvalue weighted by Gasteiger charge is 2.38. The third-order valence-corrected chi connectivity index (χ3v) is 4.26. The summed E-state index contributed by atoms with van der Waals surface area (Å²) in [6.45, 7) is 0.993. The molecule has 0 aliphatic carbocycles. The molecule has 3 rings (SSSR count). The molecule has 1 saturated heterocycles. The van der Waals surface area contributed by atoms with Crippen LogP contribution in [0.3, 0.4) is 0 Å². The summed E-state index contributed by atoms with van der Waals surface area (Å²) in [5.41, 5.74) is 7.76. The number of nitrogens with zero attached hydrogens (tertiary/aromatic N) is 1. The van der Waals surface area contributed by atoms with Crippen molar-refractivity contribution in [2.45, 2.75) is 38.3 Å². The van der Waals surface area contributed by atoms with Crippen LogP contribution in [0.1, 0.15) is 47.2 Å². The first-order valence-electron chi connectivity index (χ1n) is 8.06. The van der Waals surface area contributed by atoms with Gasteiger partial charge in [0.25, 0.3) is 5.91 Å². The van der Waals surface area contributed by atoms with Crippen molar-refractivity contribution in [2.75, 3.05) is 6.54 Å². The summed E-state index contributed by atoms with van der Waals surface area (Å²) in [7, 11) is 0. The van der Waals surface area contributed by atoms with E-state index in [2.05, 4.69) is 17.2 Å². The molecule has 1 aromatic carbocycles. The summed E-state index contributed by atoms with van der Waals surface area (Å²) >= 11 is 0. The minimum absolute atomic E-state index is 0.165. The van der Waals surface area contributed by atoms with E-state index < -0.39 is 11.9 Å². The average molecular weight is 325 g/mol. The van der Waals surface area contributed by atoms with E-state index in [1.54, 1.807) is 6.07 Å². The lowest BCUT2D eigenvalue weighted by atomic mass is 10.0. The van der Waals surface area contributed by atoms with E-state index in [4.69, 9.17) is 5.73 Å². The van der Waals surface area contributed by atoms with Gasteiger partial charge in [-0.25, -0.2) is 0 Å². The SMILES string of the molecule is NCCCC#Cc1ccc2c(c1)CN(C1CCC(=O)NC1=O)C2=O. The van der Waals surface area contributed by atoms with E-state index in [0.29, 0.717) is 25.1 Å². The molecule has 6 nitrogen and oxygen atoms in total. The molecule has 0 aromatic heterocycles. The Bertz CT molecular complexity index is 761. The van der Waals surface area contributed by atoms with Crippen LogP contribution in [-0.4, -0.2) is 35.2 Å².